The second-order valence-corrected chi connectivity index (χ2v) is 6.85. The lowest BCUT2D eigenvalue weighted by Gasteiger charge is -2.19. The first-order chi connectivity index (χ1) is 13.7. The van der Waals surface area contributed by atoms with Gasteiger partial charge in [0.05, 0.1) is 25.4 Å². The third-order valence-electron chi connectivity index (χ3n) is 4.50. The van der Waals surface area contributed by atoms with Crippen molar-refractivity contribution >= 4 is 5.96 Å². The predicted molar refractivity (Wildman–Crippen MR) is 107 cm³/mol. The van der Waals surface area contributed by atoms with Crippen LogP contribution in [0.1, 0.15) is 31.4 Å². The van der Waals surface area contributed by atoms with Gasteiger partial charge >= 0.3 is 0 Å². The Morgan fingerprint density at radius 2 is 2.18 bits per heavy atom. The molecule has 0 bridgehead atoms. The van der Waals surface area contributed by atoms with E-state index in [-0.39, 0.29) is 11.9 Å². The van der Waals surface area contributed by atoms with E-state index in [0.717, 1.165) is 11.3 Å². The molecule has 0 saturated heterocycles. The van der Waals surface area contributed by atoms with Crippen LogP contribution >= 0.6 is 0 Å². The van der Waals surface area contributed by atoms with E-state index in [1.165, 1.54) is 18.9 Å². The van der Waals surface area contributed by atoms with Gasteiger partial charge in [-0.05, 0) is 55.5 Å². The van der Waals surface area contributed by atoms with Crippen LogP contribution in [-0.4, -0.2) is 37.7 Å². The molecule has 3 rings (SSSR count). The van der Waals surface area contributed by atoms with Gasteiger partial charge in [-0.25, -0.2) is 4.39 Å². The summed E-state index contributed by atoms with van der Waals surface area (Å²) < 4.78 is 25.4. The van der Waals surface area contributed by atoms with E-state index >= 15 is 0 Å². The summed E-state index contributed by atoms with van der Waals surface area (Å²) in [6.45, 7) is 3.60. The van der Waals surface area contributed by atoms with Crippen molar-refractivity contribution in [3.63, 3.8) is 0 Å². The lowest BCUT2D eigenvalue weighted by atomic mass is 10.1. The molecular formula is C21H27FN4O2. The Morgan fingerprint density at radius 3 is 2.86 bits per heavy atom. The monoisotopic (exact) mass is 386 g/mol. The summed E-state index contributed by atoms with van der Waals surface area (Å²) in [7, 11) is 1.69. The van der Waals surface area contributed by atoms with Crippen molar-refractivity contribution in [3.8, 4) is 11.5 Å². The van der Waals surface area contributed by atoms with E-state index < -0.39 is 0 Å². The lowest BCUT2D eigenvalue weighted by molar-refractivity contribution is 0.285. The standard InChI is InChI=1S/C21H27FN4O2/c1-15(17-7-8-20(19(22)12-17)28-14-16-5-6-16)26-21(23-2)25-10-11-27-18-4-3-9-24-13-18/h3-4,7-9,12-13,15-16H,5-6,10-11,14H2,1-2H3,(H2,23,25,26). The first-order valence-electron chi connectivity index (χ1n) is 9.58. The number of rotatable bonds is 9. The number of pyridine rings is 1. The SMILES string of the molecule is CN=C(NCCOc1cccnc1)NC(C)c1ccc(OCC2CC2)c(F)c1. The molecule has 1 aliphatic carbocycles. The van der Waals surface area contributed by atoms with Crippen molar-refractivity contribution in [2.45, 2.75) is 25.8 Å². The van der Waals surface area contributed by atoms with Gasteiger partial charge in [0.15, 0.2) is 17.5 Å². The maximum Gasteiger partial charge on any atom is 0.191 e. The zero-order valence-corrected chi connectivity index (χ0v) is 16.3. The highest BCUT2D eigenvalue weighted by Gasteiger charge is 2.22. The average Bonchev–Trinajstić information content (AvgIpc) is 3.54. The molecule has 1 heterocycles. The minimum absolute atomic E-state index is 0.113. The summed E-state index contributed by atoms with van der Waals surface area (Å²) >= 11 is 0. The van der Waals surface area contributed by atoms with E-state index in [1.54, 1.807) is 25.5 Å². The molecule has 1 unspecified atom stereocenters. The van der Waals surface area contributed by atoms with Crippen molar-refractivity contribution in [2.75, 3.05) is 26.8 Å². The number of benzene rings is 1. The molecule has 6 nitrogen and oxygen atoms in total. The Bertz CT molecular complexity index is 781. The van der Waals surface area contributed by atoms with Crippen molar-refractivity contribution < 1.29 is 13.9 Å². The van der Waals surface area contributed by atoms with Crippen LogP contribution in [-0.2, 0) is 0 Å². The topological polar surface area (TPSA) is 67.8 Å². The number of nitrogens with zero attached hydrogens (tertiary/aromatic N) is 2. The second kappa shape index (κ2) is 9.92. The smallest absolute Gasteiger partial charge is 0.191 e. The van der Waals surface area contributed by atoms with Crippen molar-refractivity contribution in [3.05, 3.63) is 54.1 Å². The van der Waals surface area contributed by atoms with Gasteiger partial charge in [-0.1, -0.05) is 6.07 Å². The average molecular weight is 386 g/mol. The van der Waals surface area contributed by atoms with Crippen LogP contribution in [0.2, 0.25) is 0 Å². The summed E-state index contributed by atoms with van der Waals surface area (Å²) in [5.74, 6) is 1.92. The highest BCUT2D eigenvalue weighted by molar-refractivity contribution is 5.80. The Labute approximate surface area is 165 Å². The van der Waals surface area contributed by atoms with E-state index in [4.69, 9.17) is 9.47 Å². The number of hydrogen-bond donors (Lipinski definition) is 2. The van der Waals surface area contributed by atoms with Crippen LogP contribution in [0.5, 0.6) is 11.5 Å². The molecule has 0 radical (unpaired) electrons. The van der Waals surface area contributed by atoms with Crippen LogP contribution < -0.4 is 20.1 Å². The number of aromatic nitrogens is 1. The number of nitrogens with one attached hydrogen (secondary N) is 2. The van der Waals surface area contributed by atoms with Crippen LogP contribution in [0, 0.1) is 11.7 Å². The van der Waals surface area contributed by atoms with Crippen molar-refractivity contribution in [1.29, 1.82) is 0 Å². The normalized spacial score (nSPS) is 15.0. The quantitative estimate of drug-likeness (QED) is 0.393. The van der Waals surface area contributed by atoms with E-state index in [0.29, 0.717) is 37.4 Å². The van der Waals surface area contributed by atoms with Gasteiger partial charge in [0.2, 0.25) is 0 Å². The van der Waals surface area contributed by atoms with Crippen molar-refractivity contribution in [1.82, 2.24) is 15.6 Å². The molecule has 0 spiro atoms. The number of guanidine groups is 1. The van der Waals surface area contributed by atoms with E-state index in [1.807, 2.05) is 25.1 Å². The summed E-state index contributed by atoms with van der Waals surface area (Å²) in [4.78, 5) is 8.20. The number of ether oxygens (including phenoxy) is 2. The summed E-state index contributed by atoms with van der Waals surface area (Å²) in [6.07, 6.45) is 5.73. The van der Waals surface area contributed by atoms with Gasteiger partial charge in [0.1, 0.15) is 12.4 Å². The molecule has 150 valence electrons. The van der Waals surface area contributed by atoms with Gasteiger partial charge in [-0.3, -0.25) is 9.98 Å². The first kappa shape index (κ1) is 19.9. The first-order valence-corrected chi connectivity index (χ1v) is 9.58. The van der Waals surface area contributed by atoms with Gasteiger partial charge in [0.25, 0.3) is 0 Å². The fraction of sp³-hybridized carbons (Fsp3) is 0.429. The highest BCUT2D eigenvalue weighted by Crippen LogP contribution is 2.30. The molecule has 28 heavy (non-hydrogen) atoms. The Hall–Kier alpha value is -2.83. The highest BCUT2D eigenvalue weighted by atomic mass is 19.1. The Kier molecular flexibility index (Phi) is 7.06. The van der Waals surface area contributed by atoms with Crippen molar-refractivity contribution in [2.24, 2.45) is 10.9 Å². The summed E-state index contributed by atoms with van der Waals surface area (Å²) in [5.41, 5.74) is 0.825. The summed E-state index contributed by atoms with van der Waals surface area (Å²) in [5, 5.41) is 6.43. The molecule has 2 aromatic rings. The molecule has 1 aromatic carbocycles. The largest absolute Gasteiger partial charge is 0.490 e. The number of halogens is 1. The minimum Gasteiger partial charge on any atom is -0.490 e. The van der Waals surface area contributed by atoms with Gasteiger partial charge in [-0.2, -0.15) is 0 Å². The molecule has 1 atom stereocenters. The fourth-order valence-corrected chi connectivity index (χ4v) is 2.65. The molecular weight excluding hydrogens is 359 g/mol. The van der Waals surface area contributed by atoms with Gasteiger partial charge < -0.3 is 20.1 Å². The zero-order valence-electron chi connectivity index (χ0n) is 16.3. The maximum atomic E-state index is 14.3. The van der Waals surface area contributed by atoms with E-state index in [9.17, 15) is 4.39 Å². The third kappa shape index (κ3) is 6.11. The Morgan fingerprint density at radius 1 is 1.32 bits per heavy atom. The van der Waals surface area contributed by atoms with Crippen LogP contribution in [0.4, 0.5) is 4.39 Å². The molecule has 1 saturated carbocycles. The molecule has 0 amide bonds. The fourth-order valence-electron chi connectivity index (χ4n) is 2.65. The molecule has 1 fully saturated rings. The lowest BCUT2D eigenvalue weighted by Crippen LogP contribution is -2.40. The van der Waals surface area contributed by atoms with Gasteiger partial charge in [-0.15, -0.1) is 0 Å². The van der Waals surface area contributed by atoms with Crippen LogP contribution in [0.25, 0.3) is 0 Å². The third-order valence-corrected chi connectivity index (χ3v) is 4.50. The molecule has 2 N–H and O–H groups in total. The van der Waals surface area contributed by atoms with Crippen LogP contribution in [0.3, 0.4) is 0 Å². The second-order valence-electron chi connectivity index (χ2n) is 6.85. The number of aliphatic imine (C=N–C) groups is 1. The molecule has 1 aromatic heterocycles. The molecule has 7 heteroatoms. The van der Waals surface area contributed by atoms with Gasteiger partial charge in [0, 0.05) is 13.2 Å². The Balaban J connectivity index is 1.44. The summed E-state index contributed by atoms with van der Waals surface area (Å²) in [6, 6.07) is 8.66. The number of hydrogen-bond acceptors (Lipinski definition) is 4. The molecule has 1 aliphatic rings. The molecule has 0 aliphatic heterocycles. The van der Waals surface area contributed by atoms with Crippen LogP contribution in [0.15, 0.2) is 47.7 Å². The zero-order chi connectivity index (χ0) is 19.8. The minimum atomic E-state index is -0.334. The van der Waals surface area contributed by atoms with E-state index in [2.05, 4.69) is 20.6 Å². The maximum absolute atomic E-state index is 14.3. The predicted octanol–water partition coefficient (Wildman–Crippen LogP) is 3.31.